The number of nitrogens with one attached hydrogen (secondary N) is 2. The third kappa shape index (κ3) is 4.72. The van der Waals surface area contributed by atoms with Crippen molar-refractivity contribution in [2.75, 3.05) is 29.8 Å². The van der Waals surface area contributed by atoms with Crippen LogP contribution < -0.4 is 19.7 Å². The van der Waals surface area contributed by atoms with E-state index in [0.717, 1.165) is 18.8 Å². The number of benzene rings is 1. The molecule has 2 atom stereocenters. The summed E-state index contributed by atoms with van der Waals surface area (Å²) in [7, 11) is -2.31. The number of methoxy groups -OCH3 is 1. The fraction of sp³-hybridized carbons (Fsp3) is 0.389. The highest BCUT2D eigenvalue weighted by Crippen LogP contribution is 2.32. The molecule has 3 rings (SSSR count). The van der Waals surface area contributed by atoms with E-state index in [1.165, 1.54) is 19.4 Å². The normalized spacial score (nSPS) is 20.4. The van der Waals surface area contributed by atoms with E-state index in [1.807, 2.05) is 6.07 Å². The van der Waals surface area contributed by atoms with Gasteiger partial charge in [0.25, 0.3) is 10.0 Å². The van der Waals surface area contributed by atoms with Gasteiger partial charge in [0.1, 0.15) is 5.75 Å². The number of nitrogens with zero attached hydrogens (tertiary/aromatic N) is 2. The van der Waals surface area contributed by atoms with Gasteiger partial charge in [0.2, 0.25) is 0 Å². The Morgan fingerprint density at radius 1 is 1.22 bits per heavy atom. The van der Waals surface area contributed by atoms with Crippen molar-refractivity contribution in [1.82, 2.24) is 10.3 Å². The third-order valence-electron chi connectivity index (χ3n) is 4.33. The lowest BCUT2D eigenvalue weighted by molar-refractivity contribution is 0.406. The number of rotatable bonds is 5. The van der Waals surface area contributed by atoms with Crippen LogP contribution >= 0.6 is 15.9 Å². The summed E-state index contributed by atoms with van der Waals surface area (Å²) >= 11 is 3.26. The lowest BCUT2D eigenvalue weighted by Gasteiger charge is -2.38. The number of anilines is 2. The second-order valence-corrected chi connectivity index (χ2v) is 9.22. The molecule has 1 saturated heterocycles. The molecule has 1 aromatic heterocycles. The predicted octanol–water partition coefficient (Wildman–Crippen LogP) is 2.84. The number of piperazine rings is 1. The van der Waals surface area contributed by atoms with E-state index in [0.29, 0.717) is 28.0 Å². The van der Waals surface area contributed by atoms with Crippen LogP contribution in [0.25, 0.3) is 0 Å². The Balaban J connectivity index is 1.91. The van der Waals surface area contributed by atoms with Gasteiger partial charge in [0, 0.05) is 41.5 Å². The predicted molar refractivity (Wildman–Crippen MR) is 110 cm³/mol. The summed E-state index contributed by atoms with van der Waals surface area (Å²) < 4.78 is 34.1. The molecule has 0 bridgehead atoms. The molecule has 27 heavy (non-hydrogen) atoms. The Kier molecular flexibility index (Phi) is 5.92. The van der Waals surface area contributed by atoms with Gasteiger partial charge in [-0.3, -0.25) is 4.72 Å². The van der Waals surface area contributed by atoms with Crippen LogP contribution in [0.2, 0.25) is 0 Å². The van der Waals surface area contributed by atoms with Gasteiger partial charge >= 0.3 is 0 Å². The smallest absolute Gasteiger partial charge is 0.279 e. The first-order valence-electron chi connectivity index (χ1n) is 8.62. The molecule has 0 aliphatic carbocycles. The van der Waals surface area contributed by atoms with Crippen molar-refractivity contribution in [1.29, 1.82) is 0 Å². The lowest BCUT2D eigenvalue weighted by atomic mass is 10.1. The second kappa shape index (κ2) is 8.04. The van der Waals surface area contributed by atoms with Gasteiger partial charge < -0.3 is 15.0 Å². The highest BCUT2D eigenvalue weighted by molar-refractivity contribution is 9.10. The van der Waals surface area contributed by atoms with Crippen molar-refractivity contribution in [2.24, 2.45) is 0 Å². The minimum atomic E-state index is -3.82. The molecule has 146 valence electrons. The molecule has 0 radical (unpaired) electrons. The van der Waals surface area contributed by atoms with Crippen molar-refractivity contribution < 1.29 is 13.2 Å². The van der Waals surface area contributed by atoms with E-state index in [-0.39, 0.29) is 5.03 Å². The number of aromatic nitrogens is 1. The molecular formula is C18H23BrN4O3S. The maximum Gasteiger partial charge on any atom is 0.279 e. The van der Waals surface area contributed by atoms with Crippen LogP contribution in [0.4, 0.5) is 11.4 Å². The molecular weight excluding hydrogens is 432 g/mol. The van der Waals surface area contributed by atoms with E-state index < -0.39 is 10.0 Å². The molecule has 0 spiro atoms. The topological polar surface area (TPSA) is 83.6 Å². The lowest BCUT2D eigenvalue weighted by Crippen LogP contribution is -2.54. The van der Waals surface area contributed by atoms with Crippen LogP contribution in [0.3, 0.4) is 0 Å². The zero-order valence-corrected chi connectivity index (χ0v) is 17.8. The van der Waals surface area contributed by atoms with Gasteiger partial charge in [-0.15, -0.1) is 0 Å². The van der Waals surface area contributed by atoms with Crippen LogP contribution in [0.5, 0.6) is 5.75 Å². The van der Waals surface area contributed by atoms with E-state index in [1.54, 1.807) is 18.2 Å². The molecule has 1 fully saturated rings. The Labute approximate surface area is 168 Å². The van der Waals surface area contributed by atoms with E-state index in [4.69, 9.17) is 4.74 Å². The van der Waals surface area contributed by atoms with Crippen molar-refractivity contribution in [3.8, 4) is 5.75 Å². The van der Waals surface area contributed by atoms with Crippen LogP contribution in [0.15, 0.2) is 46.0 Å². The first-order valence-corrected chi connectivity index (χ1v) is 10.9. The van der Waals surface area contributed by atoms with Crippen LogP contribution in [0.1, 0.15) is 13.8 Å². The molecule has 0 amide bonds. The van der Waals surface area contributed by atoms with Crippen LogP contribution in [-0.2, 0) is 10.0 Å². The van der Waals surface area contributed by atoms with Gasteiger partial charge in [0.15, 0.2) is 5.03 Å². The van der Waals surface area contributed by atoms with E-state index in [9.17, 15) is 8.42 Å². The number of sulfonamides is 1. The number of ether oxygens (including phenoxy) is 1. The van der Waals surface area contributed by atoms with Crippen molar-refractivity contribution in [2.45, 2.75) is 31.0 Å². The van der Waals surface area contributed by atoms with Crippen LogP contribution in [0, 0.1) is 0 Å². The van der Waals surface area contributed by atoms with Gasteiger partial charge in [-0.05, 0) is 60.1 Å². The van der Waals surface area contributed by atoms with Gasteiger partial charge in [-0.1, -0.05) is 0 Å². The van der Waals surface area contributed by atoms with Crippen LogP contribution in [-0.4, -0.2) is 45.7 Å². The summed E-state index contributed by atoms with van der Waals surface area (Å²) in [5.74, 6) is 0.454. The maximum atomic E-state index is 12.7. The third-order valence-corrected chi connectivity index (χ3v) is 6.08. The number of hydrogen-bond donors (Lipinski definition) is 2. The fourth-order valence-electron chi connectivity index (χ4n) is 3.23. The van der Waals surface area contributed by atoms with Gasteiger partial charge in [0.05, 0.1) is 12.8 Å². The van der Waals surface area contributed by atoms with Crippen molar-refractivity contribution >= 4 is 37.3 Å². The summed E-state index contributed by atoms with van der Waals surface area (Å²) in [5, 5.41) is 3.44. The number of halogens is 1. The van der Waals surface area contributed by atoms with E-state index >= 15 is 0 Å². The average Bonchev–Trinajstić information content (AvgIpc) is 2.61. The Morgan fingerprint density at radius 3 is 2.52 bits per heavy atom. The van der Waals surface area contributed by atoms with E-state index in [2.05, 4.69) is 49.7 Å². The maximum absolute atomic E-state index is 12.7. The first kappa shape index (κ1) is 19.9. The first-order chi connectivity index (χ1) is 12.8. The molecule has 7 nitrogen and oxygen atoms in total. The quantitative estimate of drug-likeness (QED) is 0.722. The molecule has 2 N–H and O–H groups in total. The SMILES string of the molecule is COc1ccc(N2CC(C)NC(C)C2)cc1NS(=O)(=O)c1ccc(Br)cn1. The molecule has 0 saturated carbocycles. The Morgan fingerprint density at radius 2 is 1.93 bits per heavy atom. The minimum absolute atomic E-state index is 0.0532. The summed E-state index contributed by atoms with van der Waals surface area (Å²) in [6, 6.07) is 9.31. The Bertz CT molecular complexity index is 895. The molecule has 2 unspecified atom stereocenters. The Hall–Kier alpha value is -1.84. The summed E-state index contributed by atoms with van der Waals surface area (Å²) in [4.78, 5) is 6.21. The average molecular weight is 455 g/mol. The molecule has 1 aliphatic rings. The fourth-order valence-corrected chi connectivity index (χ4v) is 4.46. The zero-order valence-electron chi connectivity index (χ0n) is 15.4. The highest BCUT2D eigenvalue weighted by Gasteiger charge is 2.23. The summed E-state index contributed by atoms with van der Waals surface area (Å²) in [6.45, 7) is 5.96. The second-order valence-electron chi connectivity index (χ2n) is 6.68. The molecule has 2 heterocycles. The molecule has 9 heteroatoms. The minimum Gasteiger partial charge on any atom is -0.495 e. The van der Waals surface area contributed by atoms with Gasteiger partial charge in [-0.25, -0.2) is 4.98 Å². The summed E-state index contributed by atoms with van der Waals surface area (Å²) in [5.41, 5.74) is 1.33. The number of hydrogen-bond acceptors (Lipinski definition) is 6. The monoisotopic (exact) mass is 454 g/mol. The van der Waals surface area contributed by atoms with Gasteiger partial charge in [-0.2, -0.15) is 8.42 Å². The van der Waals surface area contributed by atoms with Crippen molar-refractivity contribution in [3.05, 3.63) is 41.0 Å². The largest absolute Gasteiger partial charge is 0.495 e. The summed E-state index contributed by atoms with van der Waals surface area (Å²) in [6.07, 6.45) is 1.45. The zero-order chi connectivity index (χ0) is 19.6. The number of pyridine rings is 1. The molecule has 2 aromatic rings. The van der Waals surface area contributed by atoms with Crippen molar-refractivity contribution in [3.63, 3.8) is 0 Å². The standard InChI is InChI=1S/C18H23BrN4O3S/c1-12-10-23(11-13(2)21-12)15-5-6-17(26-3)16(8-15)22-27(24,25)18-7-4-14(19)9-20-18/h4-9,12-13,21-22H,10-11H2,1-3H3. The molecule has 1 aromatic carbocycles. The molecule has 1 aliphatic heterocycles. The highest BCUT2D eigenvalue weighted by atomic mass is 79.9.